The van der Waals surface area contributed by atoms with Crippen molar-refractivity contribution < 1.29 is 49.0 Å². The van der Waals surface area contributed by atoms with Crippen molar-refractivity contribution in [3.63, 3.8) is 0 Å². The van der Waals surface area contributed by atoms with Crippen LogP contribution in [0.15, 0.2) is 12.2 Å². The Bertz CT molecular complexity index is 450. The van der Waals surface area contributed by atoms with Crippen LogP contribution in [-0.4, -0.2) is 18.5 Å². The van der Waals surface area contributed by atoms with Gasteiger partial charge in [0.15, 0.2) is 0 Å². The standard InChI is InChI=1S/C24H42O4.Na/c1-2-3-4-5-6-7-8-9-10-11-12-13-14-17-20-28-24(27)22-19-16-15-18-21(22)23(25)26;/h13-14,21-22H,2-12,15-20H2,1H3,(H,25,26);/q;+1/p-1/b14-13+;. The van der Waals surface area contributed by atoms with E-state index in [1.165, 1.54) is 64.2 Å². The Morgan fingerprint density at radius 2 is 1.34 bits per heavy atom. The van der Waals surface area contributed by atoms with Gasteiger partial charge in [0.1, 0.15) is 0 Å². The van der Waals surface area contributed by atoms with Crippen molar-refractivity contribution >= 4 is 11.9 Å². The number of hydrogen-bond donors (Lipinski definition) is 0. The number of carbonyl (C=O) groups excluding carboxylic acids is 2. The Balaban J connectivity index is 0.00000784. The van der Waals surface area contributed by atoms with E-state index in [1.54, 1.807) is 0 Å². The monoisotopic (exact) mass is 416 g/mol. The quantitative estimate of drug-likeness (QED) is 0.168. The van der Waals surface area contributed by atoms with Crippen LogP contribution in [0.3, 0.4) is 0 Å². The fourth-order valence-electron chi connectivity index (χ4n) is 4.02. The Hall–Kier alpha value is -0.320. The summed E-state index contributed by atoms with van der Waals surface area (Å²) in [5.41, 5.74) is 0. The van der Waals surface area contributed by atoms with E-state index in [9.17, 15) is 14.7 Å². The molecule has 0 aromatic rings. The van der Waals surface area contributed by atoms with Gasteiger partial charge in [-0.25, -0.2) is 0 Å². The van der Waals surface area contributed by atoms with Crippen LogP contribution in [-0.2, 0) is 14.3 Å². The van der Waals surface area contributed by atoms with Gasteiger partial charge in [0.05, 0.1) is 12.5 Å². The van der Waals surface area contributed by atoms with Crippen molar-refractivity contribution in [2.45, 2.75) is 110 Å². The van der Waals surface area contributed by atoms with Crippen molar-refractivity contribution in [2.75, 3.05) is 6.61 Å². The predicted octanol–water partition coefficient (Wildman–Crippen LogP) is 2.35. The molecule has 5 heteroatoms. The van der Waals surface area contributed by atoms with Gasteiger partial charge < -0.3 is 14.6 Å². The molecule has 1 fully saturated rings. The van der Waals surface area contributed by atoms with Crippen LogP contribution in [0.1, 0.15) is 110 Å². The van der Waals surface area contributed by atoms with Gasteiger partial charge in [0, 0.05) is 11.9 Å². The molecule has 1 rings (SSSR count). The first-order valence-electron chi connectivity index (χ1n) is 11.7. The normalized spacial score (nSPS) is 19.1. The van der Waals surface area contributed by atoms with Gasteiger partial charge in [0.25, 0.3) is 0 Å². The van der Waals surface area contributed by atoms with Gasteiger partial charge >= 0.3 is 35.5 Å². The minimum Gasteiger partial charge on any atom is -0.550 e. The van der Waals surface area contributed by atoms with Crippen molar-refractivity contribution in [3.05, 3.63) is 12.2 Å². The summed E-state index contributed by atoms with van der Waals surface area (Å²) >= 11 is 0. The second-order valence-corrected chi connectivity index (χ2v) is 8.21. The first-order chi connectivity index (χ1) is 13.7. The van der Waals surface area contributed by atoms with Crippen molar-refractivity contribution in [3.8, 4) is 0 Å². The molecule has 1 aliphatic rings. The zero-order valence-electron chi connectivity index (χ0n) is 19.0. The Morgan fingerprint density at radius 1 is 0.828 bits per heavy atom. The summed E-state index contributed by atoms with van der Waals surface area (Å²) in [4.78, 5) is 23.3. The number of aliphatic carboxylic acids is 1. The molecule has 2 unspecified atom stereocenters. The zero-order chi connectivity index (χ0) is 20.5. The first kappa shape index (κ1) is 28.7. The third kappa shape index (κ3) is 14.3. The molecule has 0 aromatic carbocycles. The fourth-order valence-corrected chi connectivity index (χ4v) is 4.02. The number of hydrogen-bond acceptors (Lipinski definition) is 4. The summed E-state index contributed by atoms with van der Waals surface area (Å²) < 4.78 is 5.29. The van der Waals surface area contributed by atoms with Crippen LogP contribution < -0.4 is 34.7 Å². The van der Waals surface area contributed by atoms with E-state index in [-0.39, 0.29) is 35.5 Å². The molecule has 0 amide bonds. The molecule has 2 atom stereocenters. The number of ether oxygens (including phenoxy) is 1. The second kappa shape index (κ2) is 19.6. The van der Waals surface area contributed by atoms with E-state index in [1.807, 2.05) is 0 Å². The van der Waals surface area contributed by atoms with Crippen LogP contribution in [0.4, 0.5) is 0 Å². The number of carboxylic acid groups (broad SMARTS) is 1. The maximum atomic E-state index is 12.1. The molecule has 4 nitrogen and oxygen atoms in total. The van der Waals surface area contributed by atoms with Crippen LogP contribution in [0, 0.1) is 11.8 Å². The maximum absolute atomic E-state index is 12.1. The molecule has 0 N–H and O–H groups in total. The molecule has 29 heavy (non-hydrogen) atoms. The average molecular weight is 417 g/mol. The Morgan fingerprint density at radius 3 is 1.93 bits per heavy atom. The molecule has 0 radical (unpaired) electrons. The largest absolute Gasteiger partial charge is 1.00 e. The molecule has 0 saturated heterocycles. The van der Waals surface area contributed by atoms with Crippen LogP contribution >= 0.6 is 0 Å². The number of carbonyl (C=O) groups is 2. The zero-order valence-corrected chi connectivity index (χ0v) is 21.0. The number of carboxylic acids is 1. The molecule has 1 saturated carbocycles. The van der Waals surface area contributed by atoms with Crippen LogP contribution in [0.5, 0.6) is 0 Å². The van der Waals surface area contributed by atoms with E-state index < -0.39 is 17.8 Å². The molecule has 0 bridgehead atoms. The number of rotatable bonds is 16. The van der Waals surface area contributed by atoms with Gasteiger partial charge in [-0.1, -0.05) is 89.7 Å². The van der Waals surface area contributed by atoms with Crippen molar-refractivity contribution in [2.24, 2.45) is 11.8 Å². The van der Waals surface area contributed by atoms with E-state index in [2.05, 4.69) is 19.1 Å². The molecular weight excluding hydrogens is 375 g/mol. The summed E-state index contributed by atoms with van der Waals surface area (Å²) in [7, 11) is 0. The maximum Gasteiger partial charge on any atom is 1.00 e. The smallest absolute Gasteiger partial charge is 0.550 e. The van der Waals surface area contributed by atoms with E-state index in [0.717, 1.165) is 19.3 Å². The van der Waals surface area contributed by atoms with E-state index >= 15 is 0 Å². The van der Waals surface area contributed by atoms with Crippen molar-refractivity contribution in [1.82, 2.24) is 0 Å². The van der Waals surface area contributed by atoms with E-state index in [0.29, 0.717) is 25.9 Å². The van der Waals surface area contributed by atoms with Crippen LogP contribution in [0.25, 0.3) is 0 Å². The molecule has 1 aliphatic carbocycles. The molecular formula is C24H41NaO4. The van der Waals surface area contributed by atoms with Gasteiger partial charge in [-0.3, -0.25) is 4.79 Å². The second-order valence-electron chi connectivity index (χ2n) is 8.21. The van der Waals surface area contributed by atoms with Gasteiger partial charge in [-0.05, 0) is 32.1 Å². The minimum absolute atomic E-state index is 0. The topological polar surface area (TPSA) is 66.4 Å². The molecule has 0 aromatic heterocycles. The number of unbranched alkanes of at least 4 members (excludes halogenated alkanes) is 10. The average Bonchev–Trinajstić information content (AvgIpc) is 2.70. The fraction of sp³-hybridized carbons (Fsp3) is 0.833. The molecule has 162 valence electrons. The summed E-state index contributed by atoms with van der Waals surface area (Å²) in [5.74, 6) is -2.67. The SMILES string of the molecule is CCCCCCCCCCCC/C=C/CCOC(=O)C1CCCCC1C(=O)[O-].[Na+]. The molecule has 0 spiro atoms. The third-order valence-electron chi connectivity index (χ3n) is 5.79. The Labute approximate surface area is 200 Å². The van der Waals surface area contributed by atoms with E-state index in [4.69, 9.17) is 4.74 Å². The Kier molecular flexibility index (Phi) is 19.4. The van der Waals surface area contributed by atoms with Crippen molar-refractivity contribution in [1.29, 1.82) is 0 Å². The van der Waals surface area contributed by atoms with Gasteiger partial charge in [-0.15, -0.1) is 0 Å². The third-order valence-corrected chi connectivity index (χ3v) is 5.79. The van der Waals surface area contributed by atoms with Gasteiger partial charge in [0.2, 0.25) is 0 Å². The van der Waals surface area contributed by atoms with Crippen LogP contribution in [0.2, 0.25) is 0 Å². The summed E-state index contributed by atoms with van der Waals surface area (Å²) in [6.45, 7) is 2.59. The molecule has 0 aliphatic heterocycles. The van der Waals surface area contributed by atoms with Gasteiger partial charge in [-0.2, -0.15) is 0 Å². The summed E-state index contributed by atoms with van der Waals surface area (Å²) in [6, 6.07) is 0. The minimum atomic E-state index is -1.11. The predicted molar refractivity (Wildman–Crippen MR) is 112 cm³/mol. The summed E-state index contributed by atoms with van der Waals surface area (Å²) in [5, 5.41) is 11.2. The first-order valence-corrected chi connectivity index (χ1v) is 11.7. The summed E-state index contributed by atoms with van der Waals surface area (Å²) in [6.07, 6.45) is 22.4. The number of esters is 1. The molecule has 0 heterocycles. The number of allylic oxidation sites excluding steroid dienone is 1.